The van der Waals surface area contributed by atoms with Crippen LogP contribution in [-0.2, 0) is 20.7 Å². The molecule has 1 heterocycles. The summed E-state index contributed by atoms with van der Waals surface area (Å²) in [4.78, 5) is 24.8. The minimum atomic E-state index is -0.713. The van der Waals surface area contributed by atoms with Gasteiger partial charge in [0.25, 0.3) is 0 Å². The number of esters is 1. The van der Waals surface area contributed by atoms with E-state index in [1.807, 2.05) is 29.2 Å². The van der Waals surface area contributed by atoms with Gasteiger partial charge in [0, 0.05) is 19.4 Å². The lowest BCUT2D eigenvalue weighted by atomic mass is 10.1. The molecule has 0 spiro atoms. The maximum Gasteiger partial charge on any atom is 0.322 e. The second-order valence-corrected chi connectivity index (χ2v) is 5.27. The molecule has 1 atom stereocenters. The van der Waals surface area contributed by atoms with Gasteiger partial charge in [-0.05, 0) is 18.1 Å². The van der Waals surface area contributed by atoms with Gasteiger partial charge in [0.1, 0.15) is 18.4 Å². The van der Waals surface area contributed by atoms with E-state index in [1.165, 1.54) is 7.11 Å². The van der Waals surface area contributed by atoms with Crippen molar-refractivity contribution < 1.29 is 19.1 Å². The van der Waals surface area contributed by atoms with E-state index in [4.69, 9.17) is 10.5 Å². The van der Waals surface area contributed by atoms with Crippen LogP contribution >= 0.6 is 0 Å². The molecule has 6 nitrogen and oxygen atoms in total. The largest absolute Gasteiger partial charge is 0.491 e. The average molecular weight is 306 g/mol. The Kier molecular flexibility index (Phi) is 5.77. The van der Waals surface area contributed by atoms with Gasteiger partial charge in [0.2, 0.25) is 5.91 Å². The third-order valence-corrected chi connectivity index (χ3v) is 3.71. The van der Waals surface area contributed by atoms with Gasteiger partial charge in [-0.1, -0.05) is 18.2 Å². The molecule has 1 aliphatic rings. The van der Waals surface area contributed by atoms with E-state index < -0.39 is 12.0 Å². The third-order valence-electron chi connectivity index (χ3n) is 3.71. The standard InChI is InChI=1S/C16H22N2O4/c1-21-16(20)13(17)11-12-5-2-3-6-14(12)22-10-9-18-8-4-7-15(18)19/h2-3,5-6,13H,4,7-11,17H2,1H3. The summed E-state index contributed by atoms with van der Waals surface area (Å²) >= 11 is 0. The van der Waals surface area contributed by atoms with Crippen LogP contribution < -0.4 is 10.5 Å². The molecule has 1 aromatic rings. The SMILES string of the molecule is COC(=O)C(N)Cc1ccccc1OCCN1CCCC1=O. The van der Waals surface area contributed by atoms with E-state index in [0.717, 1.165) is 18.5 Å². The minimum Gasteiger partial charge on any atom is -0.491 e. The highest BCUT2D eigenvalue weighted by Crippen LogP contribution is 2.20. The van der Waals surface area contributed by atoms with E-state index in [-0.39, 0.29) is 5.91 Å². The van der Waals surface area contributed by atoms with Crippen LogP contribution in [0, 0.1) is 0 Å². The molecule has 0 aromatic heterocycles. The lowest BCUT2D eigenvalue weighted by Gasteiger charge is -2.18. The van der Waals surface area contributed by atoms with Crippen molar-refractivity contribution in [1.82, 2.24) is 4.90 Å². The van der Waals surface area contributed by atoms with E-state index in [2.05, 4.69) is 4.74 Å². The minimum absolute atomic E-state index is 0.185. The molecule has 0 radical (unpaired) electrons. The van der Waals surface area contributed by atoms with Gasteiger partial charge in [-0.15, -0.1) is 0 Å². The molecular weight excluding hydrogens is 284 g/mol. The number of benzene rings is 1. The zero-order valence-corrected chi connectivity index (χ0v) is 12.8. The first-order valence-corrected chi connectivity index (χ1v) is 7.43. The van der Waals surface area contributed by atoms with Crippen molar-refractivity contribution in [3.63, 3.8) is 0 Å². The molecule has 6 heteroatoms. The van der Waals surface area contributed by atoms with E-state index in [9.17, 15) is 9.59 Å². The van der Waals surface area contributed by atoms with Crippen molar-refractivity contribution in [3.8, 4) is 5.75 Å². The molecule has 1 aliphatic heterocycles. The van der Waals surface area contributed by atoms with Gasteiger partial charge in [0.05, 0.1) is 13.7 Å². The van der Waals surface area contributed by atoms with Crippen LogP contribution in [-0.4, -0.2) is 49.6 Å². The molecule has 0 saturated carbocycles. The van der Waals surface area contributed by atoms with Crippen molar-refractivity contribution in [2.24, 2.45) is 5.73 Å². The van der Waals surface area contributed by atoms with Crippen LogP contribution in [0.15, 0.2) is 24.3 Å². The highest BCUT2D eigenvalue weighted by molar-refractivity contribution is 5.78. The van der Waals surface area contributed by atoms with Gasteiger partial charge >= 0.3 is 5.97 Å². The monoisotopic (exact) mass is 306 g/mol. The number of carbonyl (C=O) groups is 2. The van der Waals surface area contributed by atoms with Crippen molar-refractivity contribution in [2.75, 3.05) is 26.8 Å². The maximum atomic E-state index is 11.5. The quantitative estimate of drug-likeness (QED) is 0.751. The van der Waals surface area contributed by atoms with Gasteiger partial charge < -0.3 is 20.1 Å². The van der Waals surface area contributed by atoms with Crippen molar-refractivity contribution in [2.45, 2.75) is 25.3 Å². The Balaban J connectivity index is 1.90. The number of rotatable bonds is 7. The molecule has 1 fully saturated rings. The molecule has 1 amide bonds. The zero-order chi connectivity index (χ0) is 15.9. The average Bonchev–Trinajstić information content (AvgIpc) is 2.93. The number of hydrogen-bond donors (Lipinski definition) is 1. The van der Waals surface area contributed by atoms with Crippen LogP contribution in [0.2, 0.25) is 0 Å². The maximum absolute atomic E-state index is 11.5. The predicted molar refractivity (Wildman–Crippen MR) is 81.4 cm³/mol. The summed E-state index contributed by atoms with van der Waals surface area (Å²) in [5, 5.41) is 0. The Morgan fingerprint density at radius 1 is 1.41 bits per heavy atom. The first kappa shape index (κ1) is 16.3. The van der Waals surface area contributed by atoms with Crippen molar-refractivity contribution in [1.29, 1.82) is 0 Å². The van der Waals surface area contributed by atoms with Gasteiger partial charge in [-0.3, -0.25) is 9.59 Å². The summed E-state index contributed by atoms with van der Waals surface area (Å²) < 4.78 is 10.4. The van der Waals surface area contributed by atoms with Crippen molar-refractivity contribution in [3.05, 3.63) is 29.8 Å². The summed E-state index contributed by atoms with van der Waals surface area (Å²) in [6.07, 6.45) is 1.90. The molecule has 2 rings (SSSR count). The zero-order valence-electron chi connectivity index (χ0n) is 12.8. The van der Waals surface area contributed by atoms with Gasteiger partial charge in [-0.25, -0.2) is 0 Å². The number of methoxy groups -OCH3 is 1. The molecule has 120 valence electrons. The Bertz CT molecular complexity index is 533. The molecule has 22 heavy (non-hydrogen) atoms. The number of likely N-dealkylation sites (tertiary alicyclic amines) is 1. The molecule has 0 bridgehead atoms. The fourth-order valence-electron chi connectivity index (χ4n) is 2.49. The van der Waals surface area contributed by atoms with E-state index in [0.29, 0.717) is 31.7 Å². The van der Waals surface area contributed by atoms with Gasteiger partial charge in [0.15, 0.2) is 0 Å². The second-order valence-electron chi connectivity index (χ2n) is 5.27. The normalized spacial score (nSPS) is 15.7. The molecule has 1 unspecified atom stereocenters. The second kappa shape index (κ2) is 7.79. The Hall–Kier alpha value is -2.08. The van der Waals surface area contributed by atoms with Crippen LogP contribution in [0.3, 0.4) is 0 Å². The Labute approximate surface area is 130 Å². The topological polar surface area (TPSA) is 81.9 Å². The van der Waals surface area contributed by atoms with E-state index in [1.54, 1.807) is 0 Å². The number of carbonyl (C=O) groups excluding carboxylic acids is 2. The summed E-state index contributed by atoms with van der Waals surface area (Å²) in [6, 6.07) is 6.74. The van der Waals surface area contributed by atoms with E-state index >= 15 is 0 Å². The fraction of sp³-hybridized carbons (Fsp3) is 0.500. The predicted octanol–water partition coefficient (Wildman–Crippen LogP) is 0.731. The van der Waals surface area contributed by atoms with Crippen molar-refractivity contribution >= 4 is 11.9 Å². The molecule has 1 saturated heterocycles. The number of nitrogens with zero attached hydrogens (tertiary/aromatic N) is 1. The molecule has 1 aromatic carbocycles. The smallest absolute Gasteiger partial charge is 0.322 e. The number of nitrogens with two attached hydrogens (primary N) is 1. The number of ether oxygens (including phenoxy) is 2. The van der Waals surface area contributed by atoms with Crippen LogP contribution in [0.5, 0.6) is 5.75 Å². The molecule has 2 N–H and O–H groups in total. The van der Waals surface area contributed by atoms with Crippen LogP contribution in [0.1, 0.15) is 18.4 Å². The highest BCUT2D eigenvalue weighted by atomic mass is 16.5. The van der Waals surface area contributed by atoms with Gasteiger partial charge in [-0.2, -0.15) is 0 Å². The lowest BCUT2D eigenvalue weighted by molar-refractivity contribution is -0.142. The van der Waals surface area contributed by atoms with Crippen LogP contribution in [0.4, 0.5) is 0 Å². The first-order valence-electron chi connectivity index (χ1n) is 7.43. The number of para-hydroxylation sites is 1. The molecular formula is C16H22N2O4. The third kappa shape index (κ3) is 4.21. The summed E-state index contributed by atoms with van der Waals surface area (Å²) in [5.41, 5.74) is 6.65. The Morgan fingerprint density at radius 3 is 2.86 bits per heavy atom. The molecule has 0 aliphatic carbocycles. The highest BCUT2D eigenvalue weighted by Gasteiger charge is 2.20. The Morgan fingerprint density at radius 2 is 2.18 bits per heavy atom. The number of amides is 1. The summed E-state index contributed by atoms with van der Waals surface area (Å²) in [5.74, 6) is 0.426. The van der Waals surface area contributed by atoms with Crippen LogP contribution in [0.25, 0.3) is 0 Å². The first-order chi connectivity index (χ1) is 10.6. The number of hydrogen-bond acceptors (Lipinski definition) is 5. The fourth-order valence-corrected chi connectivity index (χ4v) is 2.49. The summed E-state index contributed by atoms with van der Waals surface area (Å²) in [7, 11) is 1.32. The lowest BCUT2D eigenvalue weighted by Crippen LogP contribution is -2.34. The summed E-state index contributed by atoms with van der Waals surface area (Å²) in [6.45, 7) is 1.81.